The fourth-order valence-corrected chi connectivity index (χ4v) is 1.67. The van der Waals surface area contributed by atoms with Gasteiger partial charge in [0, 0.05) is 16.3 Å². The highest BCUT2D eigenvalue weighted by Crippen LogP contribution is 2.07. The van der Waals surface area contributed by atoms with Crippen molar-refractivity contribution in [3.05, 3.63) is 0 Å². The molecule has 0 bridgehead atoms. The summed E-state index contributed by atoms with van der Waals surface area (Å²) in [6, 6.07) is 0. The van der Waals surface area contributed by atoms with Gasteiger partial charge in [-0.1, -0.05) is 6.92 Å². The molecule has 2 unspecified atom stereocenters. The van der Waals surface area contributed by atoms with Crippen LogP contribution >= 0.6 is 0 Å². The predicted molar refractivity (Wildman–Crippen MR) is 62.6 cm³/mol. The molecular formula is C10H19NO4S. The van der Waals surface area contributed by atoms with Crippen molar-refractivity contribution in [2.45, 2.75) is 44.9 Å². The lowest BCUT2D eigenvalue weighted by Crippen LogP contribution is -2.45. The first-order valence-electron chi connectivity index (χ1n) is 5.10. The van der Waals surface area contributed by atoms with E-state index in [1.54, 1.807) is 0 Å². The van der Waals surface area contributed by atoms with Gasteiger partial charge < -0.3 is 10.4 Å². The van der Waals surface area contributed by atoms with E-state index in [1.807, 2.05) is 20.8 Å². The zero-order valence-corrected chi connectivity index (χ0v) is 10.9. The minimum atomic E-state index is -1.67. The van der Waals surface area contributed by atoms with Gasteiger partial charge in [0.05, 0.1) is 0 Å². The summed E-state index contributed by atoms with van der Waals surface area (Å²) < 4.78 is 11.4. The predicted octanol–water partition coefficient (Wildman–Crippen LogP) is 0.513. The molecular weight excluding hydrogens is 230 g/mol. The molecule has 0 fully saturated rings. The highest BCUT2D eigenvalue weighted by atomic mass is 32.2. The smallest absolute Gasteiger partial charge is 0.318 e. The average Bonchev–Trinajstić information content (AvgIpc) is 2.15. The Kier molecular flexibility index (Phi) is 5.64. The minimum Gasteiger partial charge on any atom is -0.480 e. The molecule has 6 heteroatoms. The Hall–Kier alpha value is -0.910. The Balaban J connectivity index is 4.26. The molecule has 0 aliphatic rings. The van der Waals surface area contributed by atoms with E-state index >= 15 is 0 Å². The number of rotatable bonds is 6. The summed E-state index contributed by atoms with van der Waals surface area (Å²) in [6.07, 6.45) is 0.750. The fourth-order valence-electron chi connectivity index (χ4n) is 0.869. The second-order valence-electron chi connectivity index (χ2n) is 4.29. The van der Waals surface area contributed by atoms with Crippen LogP contribution in [0.4, 0.5) is 0 Å². The molecule has 5 nitrogen and oxygen atoms in total. The monoisotopic (exact) mass is 249 g/mol. The van der Waals surface area contributed by atoms with E-state index in [0.29, 0.717) is 0 Å². The van der Waals surface area contributed by atoms with Gasteiger partial charge in [-0.05, 0) is 27.2 Å². The van der Waals surface area contributed by atoms with Crippen LogP contribution in [0.5, 0.6) is 0 Å². The van der Waals surface area contributed by atoms with Crippen molar-refractivity contribution < 1.29 is 18.9 Å². The SMILES string of the molecule is CCC(C)(C)NC(=O)CS(=O)C(C)C(=O)O. The van der Waals surface area contributed by atoms with Crippen molar-refractivity contribution in [1.82, 2.24) is 5.32 Å². The van der Waals surface area contributed by atoms with Crippen molar-refractivity contribution in [2.24, 2.45) is 0 Å². The lowest BCUT2D eigenvalue weighted by Gasteiger charge is -2.24. The zero-order valence-electron chi connectivity index (χ0n) is 10.1. The van der Waals surface area contributed by atoms with E-state index in [0.717, 1.165) is 6.42 Å². The lowest BCUT2D eigenvalue weighted by atomic mass is 10.0. The van der Waals surface area contributed by atoms with E-state index in [4.69, 9.17) is 5.11 Å². The molecule has 0 aromatic rings. The topological polar surface area (TPSA) is 83.5 Å². The number of nitrogens with one attached hydrogen (secondary N) is 1. The van der Waals surface area contributed by atoms with E-state index in [1.165, 1.54) is 6.92 Å². The second-order valence-corrected chi connectivity index (χ2v) is 6.05. The van der Waals surface area contributed by atoms with Gasteiger partial charge in [0.25, 0.3) is 0 Å². The van der Waals surface area contributed by atoms with Crippen LogP contribution in [0.2, 0.25) is 0 Å². The molecule has 0 aromatic carbocycles. The summed E-state index contributed by atoms with van der Waals surface area (Å²) in [6.45, 7) is 6.97. The molecule has 0 radical (unpaired) electrons. The third-order valence-corrected chi connectivity index (χ3v) is 3.91. The molecule has 0 rings (SSSR count). The summed E-state index contributed by atoms with van der Waals surface area (Å²) in [5.74, 6) is -1.80. The van der Waals surface area contributed by atoms with Crippen LogP contribution in [0.1, 0.15) is 34.1 Å². The summed E-state index contributed by atoms with van der Waals surface area (Å²) in [5, 5.41) is 10.3. The van der Waals surface area contributed by atoms with Crippen LogP contribution in [-0.2, 0) is 20.4 Å². The maximum atomic E-state index is 11.5. The molecule has 16 heavy (non-hydrogen) atoms. The van der Waals surface area contributed by atoms with E-state index in [9.17, 15) is 13.8 Å². The largest absolute Gasteiger partial charge is 0.480 e. The number of carbonyl (C=O) groups excluding carboxylic acids is 1. The number of aliphatic carboxylic acids is 1. The third kappa shape index (κ3) is 5.25. The summed E-state index contributed by atoms with van der Waals surface area (Å²) >= 11 is 0. The number of amides is 1. The van der Waals surface area contributed by atoms with Gasteiger partial charge in [-0.15, -0.1) is 0 Å². The Morgan fingerprint density at radius 1 is 1.44 bits per heavy atom. The number of carboxylic acid groups (broad SMARTS) is 1. The fraction of sp³-hybridized carbons (Fsp3) is 0.800. The Labute approximate surface area is 98.1 Å². The van der Waals surface area contributed by atoms with Crippen molar-refractivity contribution in [1.29, 1.82) is 0 Å². The van der Waals surface area contributed by atoms with Crippen LogP contribution in [0.15, 0.2) is 0 Å². The summed E-state index contributed by atoms with van der Waals surface area (Å²) in [4.78, 5) is 22.0. The molecule has 1 amide bonds. The van der Waals surface area contributed by atoms with Crippen molar-refractivity contribution in [3.63, 3.8) is 0 Å². The standard InChI is InChI=1S/C10H19NO4S/c1-5-10(3,4)11-8(12)6-16(15)7(2)9(13)14/h7H,5-6H2,1-4H3,(H,11,12)(H,13,14). The van der Waals surface area contributed by atoms with Crippen LogP contribution < -0.4 is 5.32 Å². The van der Waals surface area contributed by atoms with E-state index < -0.39 is 22.0 Å². The van der Waals surface area contributed by atoms with Crippen LogP contribution in [0, 0.1) is 0 Å². The van der Waals surface area contributed by atoms with Crippen LogP contribution in [0.3, 0.4) is 0 Å². The van der Waals surface area contributed by atoms with Gasteiger partial charge in [0.15, 0.2) is 0 Å². The molecule has 0 aromatic heterocycles. The van der Waals surface area contributed by atoms with Gasteiger partial charge >= 0.3 is 5.97 Å². The quantitative estimate of drug-likeness (QED) is 0.718. The average molecular weight is 249 g/mol. The molecule has 0 spiro atoms. The Bertz CT molecular complexity index is 301. The van der Waals surface area contributed by atoms with Crippen molar-refractivity contribution in [2.75, 3.05) is 5.75 Å². The molecule has 0 saturated heterocycles. The van der Waals surface area contributed by atoms with Crippen molar-refractivity contribution >= 4 is 22.7 Å². The number of carboxylic acids is 1. The van der Waals surface area contributed by atoms with Crippen LogP contribution in [0.25, 0.3) is 0 Å². The summed E-state index contributed by atoms with van der Waals surface area (Å²) in [5.41, 5.74) is -0.353. The first-order valence-corrected chi connectivity index (χ1v) is 6.49. The van der Waals surface area contributed by atoms with Crippen LogP contribution in [-0.4, -0.2) is 37.7 Å². The molecule has 2 N–H and O–H groups in total. The molecule has 94 valence electrons. The zero-order chi connectivity index (χ0) is 12.9. The molecule has 0 aliphatic heterocycles. The first-order chi connectivity index (χ1) is 7.19. The van der Waals surface area contributed by atoms with E-state index in [-0.39, 0.29) is 17.2 Å². The molecule has 0 aliphatic carbocycles. The van der Waals surface area contributed by atoms with Crippen molar-refractivity contribution in [3.8, 4) is 0 Å². The summed E-state index contributed by atoms with van der Waals surface area (Å²) in [7, 11) is -1.67. The highest BCUT2D eigenvalue weighted by Gasteiger charge is 2.24. The maximum absolute atomic E-state index is 11.5. The third-order valence-electron chi connectivity index (χ3n) is 2.38. The number of hydrogen-bond acceptors (Lipinski definition) is 3. The van der Waals surface area contributed by atoms with Gasteiger partial charge in [-0.2, -0.15) is 0 Å². The maximum Gasteiger partial charge on any atom is 0.318 e. The highest BCUT2D eigenvalue weighted by molar-refractivity contribution is 7.87. The Morgan fingerprint density at radius 3 is 2.31 bits per heavy atom. The normalized spacial score (nSPS) is 15.2. The lowest BCUT2D eigenvalue weighted by molar-refractivity contribution is -0.136. The van der Waals surface area contributed by atoms with Gasteiger partial charge in [0.2, 0.25) is 5.91 Å². The Morgan fingerprint density at radius 2 is 1.94 bits per heavy atom. The van der Waals surface area contributed by atoms with Gasteiger partial charge in [-0.25, -0.2) is 0 Å². The molecule has 0 saturated carbocycles. The number of carbonyl (C=O) groups is 2. The number of hydrogen-bond donors (Lipinski definition) is 2. The molecule has 0 heterocycles. The first kappa shape index (κ1) is 15.1. The minimum absolute atomic E-state index is 0.267. The van der Waals surface area contributed by atoms with E-state index in [2.05, 4.69) is 5.32 Å². The molecule has 2 atom stereocenters. The second kappa shape index (κ2) is 5.98. The van der Waals surface area contributed by atoms with Gasteiger partial charge in [0.1, 0.15) is 11.0 Å². The van der Waals surface area contributed by atoms with Gasteiger partial charge in [-0.3, -0.25) is 13.8 Å².